The van der Waals surface area contributed by atoms with E-state index in [1.165, 1.54) is 32.1 Å². The number of fused-ring (bicyclic) bond motifs is 1. The van der Waals surface area contributed by atoms with E-state index in [1.54, 1.807) is 6.20 Å². The van der Waals surface area contributed by atoms with Crippen LogP contribution in [0.4, 0.5) is 17.3 Å². The van der Waals surface area contributed by atoms with Crippen LogP contribution in [-0.4, -0.2) is 32.4 Å². The van der Waals surface area contributed by atoms with Crippen LogP contribution in [0, 0.1) is 12.3 Å². The summed E-state index contributed by atoms with van der Waals surface area (Å²) in [5.41, 5.74) is 2.45. The van der Waals surface area contributed by atoms with Crippen molar-refractivity contribution in [1.82, 2.24) is 19.4 Å². The molecule has 1 aliphatic heterocycles. The maximum absolute atomic E-state index is 4.71. The number of rotatable bonds is 3. The smallest absolute Gasteiger partial charge is 0.138 e. The molecule has 1 N–H and O–H groups in total. The summed E-state index contributed by atoms with van der Waals surface area (Å²) in [6, 6.07) is 6.15. The van der Waals surface area contributed by atoms with E-state index in [4.69, 9.17) is 4.98 Å². The van der Waals surface area contributed by atoms with Crippen LogP contribution in [0.1, 0.15) is 37.9 Å². The van der Waals surface area contributed by atoms with Gasteiger partial charge in [0.2, 0.25) is 0 Å². The average molecular weight is 348 g/mol. The second-order valence-electron chi connectivity index (χ2n) is 7.77. The van der Waals surface area contributed by atoms with Crippen LogP contribution in [-0.2, 0) is 0 Å². The molecule has 134 valence electrons. The van der Waals surface area contributed by atoms with Gasteiger partial charge < -0.3 is 14.6 Å². The molecule has 0 aromatic carbocycles. The monoisotopic (exact) mass is 348 g/mol. The molecule has 1 spiro atoms. The highest BCUT2D eigenvalue weighted by Gasteiger charge is 2.40. The molecule has 3 aromatic rings. The molecule has 0 amide bonds. The lowest BCUT2D eigenvalue weighted by Gasteiger charge is -2.24. The molecule has 2 aliphatic rings. The number of anilines is 3. The normalized spacial score (nSPS) is 18.9. The van der Waals surface area contributed by atoms with Gasteiger partial charge in [-0.2, -0.15) is 0 Å². The standard InChI is InChI=1S/C20H24N6/c1-15-22-17(24-16-4-9-25-11-8-21-18(25)12-16)13-19(23-15)26-10-7-20(14-26)5-2-3-6-20/h4,8-9,11-13H,2-3,5-7,10,14H2,1H3,(H,22,23,24). The highest BCUT2D eigenvalue weighted by Crippen LogP contribution is 2.46. The van der Waals surface area contributed by atoms with Crippen molar-refractivity contribution >= 4 is 23.0 Å². The molecule has 5 rings (SSSR count). The van der Waals surface area contributed by atoms with Gasteiger partial charge in [0.25, 0.3) is 0 Å². The molecule has 3 aromatic heterocycles. The van der Waals surface area contributed by atoms with E-state index >= 15 is 0 Å². The van der Waals surface area contributed by atoms with Crippen LogP contribution in [0.15, 0.2) is 36.8 Å². The lowest BCUT2D eigenvalue weighted by Crippen LogP contribution is -2.25. The number of aryl methyl sites for hydroxylation is 1. The molecule has 1 aliphatic carbocycles. The van der Waals surface area contributed by atoms with Gasteiger partial charge in [0.15, 0.2) is 0 Å². The fraction of sp³-hybridized carbons (Fsp3) is 0.450. The first-order valence-corrected chi connectivity index (χ1v) is 9.50. The molecule has 0 unspecified atom stereocenters. The van der Waals surface area contributed by atoms with Crippen LogP contribution in [0.3, 0.4) is 0 Å². The predicted molar refractivity (Wildman–Crippen MR) is 103 cm³/mol. The van der Waals surface area contributed by atoms with Gasteiger partial charge in [-0.05, 0) is 37.7 Å². The van der Waals surface area contributed by atoms with Crippen molar-refractivity contribution in [1.29, 1.82) is 0 Å². The van der Waals surface area contributed by atoms with Crippen molar-refractivity contribution < 1.29 is 0 Å². The maximum atomic E-state index is 4.71. The van der Waals surface area contributed by atoms with Crippen LogP contribution in [0.25, 0.3) is 5.65 Å². The number of imidazole rings is 1. The molecular formula is C20H24N6. The van der Waals surface area contributed by atoms with E-state index in [9.17, 15) is 0 Å². The molecule has 2 fully saturated rings. The molecule has 26 heavy (non-hydrogen) atoms. The minimum Gasteiger partial charge on any atom is -0.356 e. The lowest BCUT2D eigenvalue weighted by molar-refractivity contribution is 0.340. The molecule has 0 atom stereocenters. The van der Waals surface area contributed by atoms with Crippen molar-refractivity contribution in [2.24, 2.45) is 5.41 Å². The first kappa shape index (κ1) is 15.6. The maximum Gasteiger partial charge on any atom is 0.138 e. The summed E-state index contributed by atoms with van der Waals surface area (Å²) < 4.78 is 1.99. The summed E-state index contributed by atoms with van der Waals surface area (Å²) in [6.45, 7) is 4.22. The van der Waals surface area contributed by atoms with Gasteiger partial charge in [0.1, 0.15) is 23.1 Å². The zero-order valence-corrected chi connectivity index (χ0v) is 15.1. The van der Waals surface area contributed by atoms with Crippen molar-refractivity contribution in [3.05, 3.63) is 42.6 Å². The van der Waals surface area contributed by atoms with Crippen LogP contribution < -0.4 is 10.2 Å². The molecule has 0 bridgehead atoms. The van der Waals surface area contributed by atoms with Crippen molar-refractivity contribution in [3.8, 4) is 0 Å². The summed E-state index contributed by atoms with van der Waals surface area (Å²) >= 11 is 0. The summed E-state index contributed by atoms with van der Waals surface area (Å²) in [7, 11) is 0. The van der Waals surface area contributed by atoms with Gasteiger partial charge in [0.05, 0.1) is 0 Å². The minimum absolute atomic E-state index is 0.540. The van der Waals surface area contributed by atoms with Gasteiger partial charge >= 0.3 is 0 Å². The summed E-state index contributed by atoms with van der Waals surface area (Å²) in [5.74, 6) is 2.70. The Hall–Kier alpha value is -2.63. The summed E-state index contributed by atoms with van der Waals surface area (Å²) in [5, 5.41) is 3.42. The number of pyridine rings is 1. The van der Waals surface area contributed by atoms with Gasteiger partial charge in [0, 0.05) is 49.5 Å². The van der Waals surface area contributed by atoms with Gasteiger partial charge in [-0.3, -0.25) is 0 Å². The first-order valence-electron chi connectivity index (χ1n) is 9.50. The Morgan fingerprint density at radius 2 is 1.96 bits per heavy atom. The Morgan fingerprint density at radius 3 is 2.85 bits per heavy atom. The summed E-state index contributed by atoms with van der Waals surface area (Å²) in [4.78, 5) is 16.1. The van der Waals surface area contributed by atoms with E-state index in [1.807, 2.05) is 35.9 Å². The largest absolute Gasteiger partial charge is 0.356 e. The van der Waals surface area contributed by atoms with E-state index in [-0.39, 0.29) is 0 Å². The molecule has 4 heterocycles. The van der Waals surface area contributed by atoms with E-state index < -0.39 is 0 Å². The lowest BCUT2D eigenvalue weighted by atomic mass is 9.86. The van der Waals surface area contributed by atoms with Gasteiger partial charge in [-0.1, -0.05) is 12.8 Å². The Kier molecular flexibility index (Phi) is 3.58. The van der Waals surface area contributed by atoms with Crippen LogP contribution in [0.2, 0.25) is 0 Å². The van der Waals surface area contributed by atoms with Gasteiger partial charge in [-0.25, -0.2) is 15.0 Å². The van der Waals surface area contributed by atoms with Crippen molar-refractivity contribution in [2.45, 2.75) is 39.0 Å². The van der Waals surface area contributed by atoms with Crippen LogP contribution in [0.5, 0.6) is 0 Å². The zero-order chi connectivity index (χ0) is 17.6. The predicted octanol–water partition coefficient (Wildman–Crippen LogP) is 3.95. The Labute approximate surface area is 153 Å². The fourth-order valence-corrected chi connectivity index (χ4v) is 4.58. The second-order valence-corrected chi connectivity index (χ2v) is 7.77. The third-order valence-electron chi connectivity index (χ3n) is 5.92. The number of aromatic nitrogens is 4. The van der Waals surface area contributed by atoms with E-state index in [2.05, 4.69) is 26.3 Å². The molecule has 1 saturated heterocycles. The first-order chi connectivity index (χ1) is 12.7. The third-order valence-corrected chi connectivity index (χ3v) is 5.92. The number of nitrogens with one attached hydrogen (secondary N) is 1. The Balaban J connectivity index is 1.39. The number of nitrogens with zero attached hydrogens (tertiary/aromatic N) is 5. The van der Waals surface area contributed by atoms with Crippen molar-refractivity contribution in [2.75, 3.05) is 23.3 Å². The van der Waals surface area contributed by atoms with Crippen molar-refractivity contribution in [3.63, 3.8) is 0 Å². The van der Waals surface area contributed by atoms with Gasteiger partial charge in [-0.15, -0.1) is 0 Å². The van der Waals surface area contributed by atoms with E-state index in [0.717, 1.165) is 41.9 Å². The molecule has 6 nitrogen and oxygen atoms in total. The van der Waals surface area contributed by atoms with Crippen LogP contribution >= 0.6 is 0 Å². The summed E-state index contributed by atoms with van der Waals surface area (Å²) in [6.07, 6.45) is 12.6. The quantitative estimate of drug-likeness (QED) is 0.777. The third kappa shape index (κ3) is 2.79. The number of hydrogen-bond acceptors (Lipinski definition) is 5. The molecule has 6 heteroatoms. The Morgan fingerprint density at radius 1 is 1.08 bits per heavy atom. The fourth-order valence-electron chi connectivity index (χ4n) is 4.58. The number of hydrogen-bond donors (Lipinski definition) is 1. The SMILES string of the molecule is Cc1nc(Nc2ccn3ccnc3c2)cc(N2CCC3(CCCC3)C2)n1. The second kappa shape index (κ2) is 5.97. The zero-order valence-electron chi connectivity index (χ0n) is 15.1. The molecule has 1 saturated carbocycles. The highest BCUT2D eigenvalue weighted by molar-refractivity contribution is 5.63. The van der Waals surface area contributed by atoms with E-state index in [0.29, 0.717) is 5.41 Å². The highest BCUT2D eigenvalue weighted by atomic mass is 15.2. The minimum atomic E-state index is 0.540. The molecular weight excluding hydrogens is 324 g/mol. The molecule has 0 radical (unpaired) electrons. The Bertz CT molecular complexity index is 940. The average Bonchev–Trinajstić information content (AvgIpc) is 3.36. The topological polar surface area (TPSA) is 58.4 Å².